The lowest BCUT2D eigenvalue weighted by Crippen LogP contribution is -2.24. The Kier molecular flexibility index (Phi) is 9.48. The molecule has 0 aliphatic heterocycles. The van der Waals surface area contributed by atoms with Crippen molar-refractivity contribution in [2.75, 3.05) is 26.2 Å². The highest BCUT2D eigenvalue weighted by Crippen LogP contribution is 2.43. The molecule has 1 aliphatic carbocycles. The van der Waals surface area contributed by atoms with Crippen molar-refractivity contribution in [3.05, 3.63) is 37.9 Å². The molecule has 0 unspecified atom stereocenters. The minimum atomic E-state index is -0.783. The summed E-state index contributed by atoms with van der Waals surface area (Å²) in [5.74, 6) is -0.463. The zero-order valence-corrected chi connectivity index (χ0v) is 14.6. The maximum Gasteiger partial charge on any atom is 0.317 e. The van der Waals surface area contributed by atoms with Crippen LogP contribution in [-0.2, 0) is 0 Å². The van der Waals surface area contributed by atoms with Crippen LogP contribution in [0.5, 0.6) is 5.75 Å². The molecule has 1 fully saturated rings. The van der Waals surface area contributed by atoms with Crippen molar-refractivity contribution in [2.24, 2.45) is 5.73 Å². The normalized spacial score (nSPS) is 14.4. The van der Waals surface area contributed by atoms with E-state index in [9.17, 15) is 25.3 Å². The van der Waals surface area contributed by atoms with Crippen molar-refractivity contribution >= 4 is 11.4 Å². The first-order valence-corrected chi connectivity index (χ1v) is 8.59. The van der Waals surface area contributed by atoms with E-state index < -0.39 is 21.3 Å². The highest BCUT2D eigenvalue weighted by molar-refractivity contribution is 5.58. The largest absolute Gasteiger partial charge is 0.502 e. The summed E-state index contributed by atoms with van der Waals surface area (Å²) in [6.45, 7) is 2.28. The van der Waals surface area contributed by atoms with E-state index in [-0.39, 0.29) is 18.2 Å². The summed E-state index contributed by atoms with van der Waals surface area (Å²) in [6.07, 6.45) is 4.63. The second-order valence-electron chi connectivity index (χ2n) is 6.01. The first-order valence-electron chi connectivity index (χ1n) is 8.59. The minimum absolute atomic E-state index is 0.0349. The molecule has 146 valence electrons. The van der Waals surface area contributed by atoms with Gasteiger partial charge in [0.2, 0.25) is 0 Å². The second kappa shape index (κ2) is 11.3. The highest BCUT2D eigenvalue weighted by atomic mass is 16.6. The molecule has 5 N–H and O–H groups in total. The zero-order valence-electron chi connectivity index (χ0n) is 14.6. The van der Waals surface area contributed by atoms with Crippen LogP contribution in [0.2, 0.25) is 0 Å². The molecule has 0 aromatic heterocycles. The van der Waals surface area contributed by atoms with Gasteiger partial charge in [0.25, 0.3) is 5.69 Å². The van der Waals surface area contributed by atoms with Gasteiger partial charge in [-0.3, -0.25) is 20.2 Å². The molecule has 26 heavy (non-hydrogen) atoms. The molecule has 1 saturated carbocycles. The monoisotopic (exact) mass is 370 g/mol. The van der Waals surface area contributed by atoms with Crippen LogP contribution in [0.1, 0.15) is 43.6 Å². The average Bonchev–Trinajstić information content (AvgIpc) is 2.63. The van der Waals surface area contributed by atoms with E-state index in [0.717, 1.165) is 44.7 Å². The van der Waals surface area contributed by atoms with Gasteiger partial charge in [-0.2, -0.15) is 0 Å². The molecule has 0 amide bonds. The molecular formula is C16H26N4O6. The lowest BCUT2D eigenvalue weighted by atomic mass is 9.83. The van der Waals surface area contributed by atoms with Crippen LogP contribution < -0.4 is 11.1 Å². The van der Waals surface area contributed by atoms with Crippen molar-refractivity contribution in [3.63, 3.8) is 0 Å². The number of rotatable bonds is 7. The smallest absolute Gasteiger partial charge is 0.317 e. The predicted molar refractivity (Wildman–Crippen MR) is 96.3 cm³/mol. The Bertz CT molecular complexity index is 601. The molecule has 1 aromatic rings. The van der Waals surface area contributed by atoms with Gasteiger partial charge in [0, 0.05) is 31.3 Å². The Morgan fingerprint density at radius 2 is 1.77 bits per heavy atom. The van der Waals surface area contributed by atoms with Crippen LogP contribution in [0.3, 0.4) is 0 Å². The molecule has 0 spiro atoms. The summed E-state index contributed by atoms with van der Waals surface area (Å²) >= 11 is 0. The third-order valence-electron chi connectivity index (χ3n) is 4.17. The number of benzene rings is 1. The fourth-order valence-corrected chi connectivity index (χ4v) is 2.90. The van der Waals surface area contributed by atoms with Crippen molar-refractivity contribution in [2.45, 2.75) is 38.0 Å². The van der Waals surface area contributed by atoms with E-state index in [1.165, 1.54) is 6.07 Å². The Labute approximate surface area is 151 Å². The summed E-state index contributed by atoms with van der Waals surface area (Å²) in [7, 11) is 0. The van der Waals surface area contributed by atoms with Gasteiger partial charge in [0.05, 0.1) is 22.5 Å². The Hall–Kier alpha value is -2.30. The van der Waals surface area contributed by atoms with Crippen LogP contribution in [0.4, 0.5) is 11.4 Å². The van der Waals surface area contributed by atoms with Gasteiger partial charge in [0.1, 0.15) is 0 Å². The number of nitrogens with zero attached hydrogens (tertiary/aromatic N) is 2. The summed E-state index contributed by atoms with van der Waals surface area (Å²) in [4.78, 5) is 20.2. The number of aromatic hydroxyl groups is 1. The number of phenols is 1. The van der Waals surface area contributed by atoms with Gasteiger partial charge in [0.15, 0.2) is 5.75 Å². The Morgan fingerprint density at radius 3 is 2.27 bits per heavy atom. The van der Waals surface area contributed by atoms with E-state index in [4.69, 9.17) is 10.8 Å². The fraction of sp³-hybridized carbons (Fsp3) is 0.625. The van der Waals surface area contributed by atoms with Gasteiger partial charge in [-0.05, 0) is 18.8 Å². The molecule has 0 radical (unpaired) electrons. The van der Waals surface area contributed by atoms with Gasteiger partial charge in [-0.25, -0.2) is 0 Å². The maximum atomic E-state index is 10.9. The fourth-order valence-electron chi connectivity index (χ4n) is 2.90. The molecule has 0 bridgehead atoms. The predicted octanol–water partition coefficient (Wildman–Crippen LogP) is 1.78. The number of nitrogens with one attached hydrogen (secondary N) is 1. The molecule has 0 saturated heterocycles. The third kappa shape index (κ3) is 6.54. The molecule has 0 heterocycles. The molecule has 2 rings (SSSR count). The van der Waals surface area contributed by atoms with Crippen LogP contribution in [0.25, 0.3) is 0 Å². The van der Waals surface area contributed by atoms with Crippen molar-refractivity contribution in [1.82, 2.24) is 5.32 Å². The number of nitro groups is 2. The number of phenolic OH excluding ortho intramolecular Hbond substituents is 1. The van der Waals surface area contributed by atoms with Crippen LogP contribution >= 0.6 is 0 Å². The van der Waals surface area contributed by atoms with Crippen molar-refractivity contribution in [1.29, 1.82) is 0 Å². The zero-order chi connectivity index (χ0) is 19.5. The lowest BCUT2D eigenvalue weighted by Gasteiger charge is -2.22. The summed E-state index contributed by atoms with van der Waals surface area (Å²) in [6, 6.07) is 2.07. The SMILES string of the molecule is NCCNCCO.O=[N+]([O-])c1cc(C2CCCCC2)c(O)c([N+](=O)[O-])c1. The molecule has 1 aliphatic rings. The molecule has 10 heteroatoms. The quantitative estimate of drug-likeness (QED) is 0.320. The topological polar surface area (TPSA) is 165 Å². The van der Waals surface area contributed by atoms with Crippen molar-refractivity contribution < 1.29 is 20.1 Å². The lowest BCUT2D eigenvalue weighted by molar-refractivity contribution is -0.394. The summed E-state index contributed by atoms with van der Waals surface area (Å²) in [5.41, 5.74) is 4.53. The van der Waals surface area contributed by atoms with Gasteiger partial charge < -0.3 is 21.3 Å². The average molecular weight is 370 g/mol. The van der Waals surface area contributed by atoms with Crippen molar-refractivity contribution in [3.8, 4) is 5.75 Å². The standard InChI is InChI=1S/C12H14N2O5.C4H12N2O/c15-12-10(8-4-2-1-3-5-8)6-9(13(16)17)7-11(12)14(18)19;5-1-2-6-3-4-7/h6-8,15H,1-5H2;6-7H,1-5H2. The van der Waals surface area contributed by atoms with Crippen LogP contribution in [0, 0.1) is 20.2 Å². The molecule has 0 atom stereocenters. The van der Waals surface area contributed by atoms with E-state index in [1.54, 1.807) is 0 Å². The van der Waals surface area contributed by atoms with Crippen LogP contribution in [0.15, 0.2) is 12.1 Å². The summed E-state index contributed by atoms with van der Waals surface area (Å²) < 4.78 is 0. The number of aliphatic hydroxyl groups is 1. The van der Waals surface area contributed by atoms with Gasteiger partial charge >= 0.3 is 5.69 Å². The molecule has 10 nitrogen and oxygen atoms in total. The maximum absolute atomic E-state index is 10.9. The first-order chi connectivity index (χ1) is 12.4. The highest BCUT2D eigenvalue weighted by Gasteiger charge is 2.28. The number of hydrogen-bond acceptors (Lipinski definition) is 8. The summed E-state index contributed by atoms with van der Waals surface area (Å²) in [5, 5.41) is 42.7. The minimum Gasteiger partial charge on any atom is -0.502 e. The van der Waals surface area contributed by atoms with E-state index >= 15 is 0 Å². The molecular weight excluding hydrogens is 344 g/mol. The van der Waals surface area contributed by atoms with E-state index in [2.05, 4.69) is 5.32 Å². The number of nitrogens with two attached hydrogens (primary N) is 1. The van der Waals surface area contributed by atoms with Crippen LogP contribution in [-0.4, -0.2) is 46.3 Å². The van der Waals surface area contributed by atoms with E-state index in [1.807, 2.05) is 0 Å². The number of aliphatic hydroxyl groups excluding tert-OH is 1. The van der Waals surface area contributed by atoms with Gasteiger partial charge in [-0.1, -0.05) is 19.3 Å². The molecule has 1 aromatic carbocycles. The van der Waals surface area contributed by atoms with E-state index in [0.29, 0.717) is 18.7 Å². The van der Waals surface area contributed by atoms with Gasteiger partial charge in [-0.15, -0.1) is 0 Å². The number of nitro benzene ring substituents is 2. The number of hydrogen-bond donors (Lipinski definition) is 4. The Morgan fingerprint density at radius 1 is 1.12 bits per heavy atom. The first kappa shape index (κ1) is 21.7. The third-order valence-corrected chi connectivity index (χ3v) is 4.17. The Balaban J connectivity index is 0.000000412. The number of non-ortho nitro benzene ring substituents is 1. The second-order valence-corrected chi connectivity index (χ2v) is 6.01.